The molecule has 0 amide bonds. The smallest absolute Gasteiger partial charge is 0.159 e. The number of carbonyl (C=O) groups excluding carboxylic acids is 1. The fourth-order valence-electron chi connectivity index (χ4n) is 7.53. The largest absolute Gasteiger partial charge is 0.390 e. The number of hydrogen-bond acceptors (Lipinski definition) is 6. The normalized spacial score (nSPS) is 43.6. The van der Waals surface area contributed by atoms with E-state index in [0.29, 0.717) is 32.1 Å². The summed E-state index contributed by atoms with van der Waals surface area (Å²) in [5, 5.41) is 53.1. The second kappa shape index (κ2) is 7.99. The minimum atomic E-state index is -1.33. The quantitative estimate of drug-likeness (QED) is 0.401. The van der Waals surface area contributed by atoms with Gasteiger partial charge < -0.3 is 25.5 Å². The van der Waals surface area contributed by atoms with Gasteiger partial charge in [-0.15, -0.1) is 0 Å². The zero-order valence-electron chi connectivity index (χ0n) is 20.7. The average molecular weight is 463 g/mol. The lowest BCUT2D eigenvalue weighted by Gasteiger charge is -2.56. The van der Waals surface area contributed by atoms with E-state index < -0.39 is 34.9 Å². The predicted octanol–water partition coefficient (Wildman–Crippen LogP) is 2.66. The molecular weight excluding hydrogens is 420 g/mol. The van der Waals surface area contributed by atoms with Crippen LogP contribution in [0.4, 0.5) is 0 Å². The van der Waals surface area contributed by atoms with Crippen molar-refractivity contribution in [3.63, 3.8) is 0 Å². The minimum absolute atomic E-state index is 0.0394. The summed E-state index contributed by atoms with van der Waals surface area (Å²) in [4.78, 5) is 13.2. The Kier molecular flexibility index (Phi) is 6.07. The molecule has 2 fully saturated rings. The van der Waals surface area contributed by atoms with Crippen LogP contribution in [-0.2, 0) is 4.79 Å². The molecule has 2 saturated carbocycles. The van der Waals surface area contributed by atoms with Gasteiger partial charge in [0, 0.05) is 17.3 Å². The second-order valence-corrected chi connectivity index (χ2v) is 12.6. The Morgan fingerprint density at radius 1 is 1.09 bits per heavy atom. The van der Waals surface area contributed by atoms with Gasteiger partial charge >= 0.3 is 0 Å². The molecule has 0 radical (unpaired) electrons. The van der Waals surface area contributed by atoms with Crippen molar-refractivity contribution in [3.8, 4) is 0 Å². The van der Waals surface area contributed by atoms with Crippen molar-refractivity contribution in [2.75, 3.05) is 0 Å². The van der Waals surface area contributed by atoms with Gasteiger partial charge in [-0.2, -0.15) is 0 Å². The minimum Gasteiger partial charge on any atom is -0.390 e. The molecule has 0 spiro atoms. The molecule has 0 unspecified atom stereocenters. The molecule has 9 atom stereocenters. The zero-order valence-corrected chi connectivity index (χ0v) is 20.7. The van der Waals surface area contributed by atoms with Crippen molar-refractivity contribution in [1.29, 1.82) is 0 Å². The first-order chi connectivity index (χ1) is 15.1. The number of allylic oxidation sites excluding steroid dienone is 3. The summed E-state index contributed by atoms with van der Waals surface area (Å²) < 4.78 is 0. The number of rotatable bonds is 5. The molecule has 0 aromatic heterocycles. The first-order valence-electron chi connectivity index (χ1n) is 12.6. The molecule has 6 nitrogen and oxygen atoms in total. The zero-order chi connectivity index (χ0) is 24.6. The summed E-state index contributed by atoms with van der Waals surface area (Å²) in [5.74, 6) is -0.356. The molecule has 33 heavy (non-hydrogen) atoms. The van der Waals surface area contributed by atoms with Crippen LogP contribution in [0, 0.1) is 28.6 Å². The molecule has 4 rings (SSSR count). The molecule has 0 heterocycles. The third kappa shape index (κ3) is 3.96. The van der Waals surface area contributed by atoms with Gasteiger partial charge in [0.1, 0.15) is 0 Å². The van der Waals surface area contributed by atoms with Crippen LogP contribution in [0.5, 0.6) is 0 Å². The standard InChI is InChI=1S/C27H42O6/c1-24(2,32)10-9-23(31)27(5,33)17-8-11-25(3)15(17)6-7-16-18(25)12-20(28)19-13-21(29)22(30)14-26(16,19)4/h6,12,16-17,19,21-23,29-33H,7-11,13-14H2,1-5H3/t16-,17-,19-,21+,22-,23+,25+,26+,27+/m0/s1. The van der Waals surface area contributed by atoms with Crippen LogP contribution >= 0.6 is 0 Å². The van der Waals surface area contributed by atoms with Gasteiger partial charge in [-0.25, -0.2) is 0 Å². The third-order valence-electron chi connectivity index (χ3n) is 9.74. The Bertz CT molecular complexity index is 866. The van der Waals surface area contributed by atoms with Gasteiger partial charge in [-0.05, 0) is 83.1 Å². The monoisotopic (exact) mass is 462 g/mol. The van der Waals surface area contributed by atoms with Crippen molar-refractivity contribution in [3.05, 3.63) is 23.3 Å². The number of carbonyl (C=O) groups is 1. The maximum atomic E-state index is 13.2. The Morgan fingerprint density at radius 3 is 2.39 bits per heavy atom. The van der Waals surface area contributed by atoms with Gasteiger partial charge in [0.15, 0.2) is 5.78 Å². The third-order valence-corrected chi connectivity index (χ3v) is 9.74. The number of ketones is 1. The number of hydrogen-bond donors (Lipinski definition) is 5. The van der Waals surface area contributed by atoms with Gasteiger partial charge in [0.25, 0.3) is 0 Å². The highest BCUT2D eigenvalue weighted by atomic mass is 16.3. The summed E-state index contributed by atoms with van der Waals surface area (Å²) >= 11 is 0. The first-order valence-corrected chi connectivity index (χ1v) is 12.6. The predicted molar refractivity (Wildman–Crippen MR) is 125 cm³/mol. The van der Waals surface area contributed by atoms with E-state index in [1.54, 1.807) is 26.8 Å². The number of fused-ring (bicyclic) bond motifs is 5. The molecule has 0 saturated heterocycles. The molecule has 0 aromatic carbocycles. The van der Waals surface area contributed by atoms with E-state index >= 15 is 0 Å². The Morgan fingerprint density at radius 2 is 1.76 bits per heavy atom. The summed E-state index contributed by atoms with van der Waals surface area (Å²) in [6.45, 7) is 9.34. The average Bonchev–Trinajstić information content (AvgIpc) is 3.06. The van der Waals surface area contributed by atoms with Crippen LogP contribution in [0.2, 0.25) is 0 Å². The Balaban J connectivity index is 1.64. The SMILES string of the molecule is CC(C)(O)CC[C@@H](O)[C@](C)(O)[C@H]1CC[C@]2(C)C1=CC[C@H]1C2=CC(=O)[C@@H]2C[C@@H](O)[C@@H](O)C[C@@]21C. The highest BCUT2D eigenvalue weighted by Gasteiger charge is 2.60. The van der Waals surface area contributed by atoms with Crippen molar-refractivity contribution in [2.24, 2.45) is 28.6 Å². The van der Waals surface area contributed by atoms with Crippen molar-refractivity contribution < 1.29 is 30.3 Å². The van der Waals surface area contributed by atoms with E-state index in [4.69, 9.17) is 0 Å². The van der Waals surface area contributed by atoms with Crippen LogP contribution < -0.4 is 0 Å². The lowest BCUT2D eigenvalue weighted by Crippen LogP contribution is -2.55. The highest BCUT2D eigenvalue weighted by Crippen LogP contribution is 2.65. The molecule has 4 aliphatic carbocycles. The van der Waals surface area contributed by atoms with E-state index in [9.17, 15) is 30.3 Å². The van der Waals surface area contributed by atoms with Crippen molar-refractivity contribution in [1.82, 2.24) is 0 Å². The summed E-state index contributed by atoms with van der Waals surface area (Å²) in [6.07, 6.45) is 5.02. The molecule has 4 aliphatic rings. The van der Waals surface area contributed by atoms with Crippen molar-refractivity contribution >= 4 is 5.78 Å². The van der Waals surface area contributed by atoms with Crippen LogP contribution in [0.3, 0.4) is 0 Å². The molecule has 186 valence electrons. The van der Waals surface area contributed by atoms with E-state index in [1.807, 2.05) is 0 Å². The fraction of sp³-hybridized carbons (Fsp3) is 0.815. The maximum Gasteiger partial charge on any atom is 0.159 e. The number of aliphatic hydroxyl groups excluding tert-OH is 3. The van der Waals surface area contributed by atoms with E-state index in [2.05, 4.69) is 19.9 Å². The van der Waals surface area contributed by atoms with Gasteiger partial charge in [-0.1, -0.05) is 31.1 Å². The first kappa shape index (κ1) is 25.1. The second-order valence-electron chi connectivity index (χ2n) is 12.6. The van der Waals surface area contributed by atoms with Gasteiger partial charge in [0.2, 0.25) is 0 Å². The molecule has 0 bridgehead atoms. The molecule has 0 aromatic rings. The Labute approximate surface area is 197 Å². The highest BCUT2D eigenvalue weighted by molar-refractivity contribution is 5.95. The summed E-state index contributed by atoms with van der Waals surface area (Å²) in [6, 6.07) is 0. The molecule has 0 aliphatic heterocycles. The van der Waals surface area contributed by atoms with E-state index in [0.717, 1.165) is 24.0 Å². The van der Waals surface area contributed by atoms with Crippen LogP contribution in [-0.4, -0.2) is 60.8 Å². The topological polar surface area (TPSA) is 118 Å². The van der Waals surface area contributed by atoms with Gasteiger partial charge in [-0.3, -0.25) is 4.79 Å². The summed E-state index contributed by atoms with van der Waals surface area (Å²) in [7, 11) is 0. The van der Waals surface area contributed by atoms with Gasteiger partial charge in [0.05, 0.1) is 29.5 Å². The molecular formula is C27H42O6. The van der Waals surface area contributed by atoms with Crippen LogP contribution in [0.1, 0.15) is 79.6 Å². The van der Waals surface area contributed by atoms with E-state index in [1.165, 1.54) is 0 Å². The Hall–Kier alpha value is -1.05. The van der Waals surface area contributed by atoms with Crippen LogP contribution in [0.25, 0.3) is 0 Å². The van der Waals surface area contributed by atoms with Crippen molar-refractivity contribution in [2.45, 2.75) is 109 Å². The number of aliphatic hydroxyl groups is 5. The fourth-order valence-corrected chi connectivity index (χ4v) is 7.53. The van der Waals surface area contributed by atoms with E-state index in [-0.39, 0.29) is 29.0 Å². The lowest BCUT2D eigenvalue weighted by molar-refractivity contribution is -0.140. The summed E-state index contributed by atoms with van der Waals surface area (Å²) in [5.41, 5.74) is -0.815. The molecule has 5 N–H and O–H groups in total. The lowest BCUT2D eigenvalue weighted by atomic mass is 9.48. The maximum absolute atomic E-state index is 13.2. The van der Waals surface area contributed by atoms with Crippen LogP contribution in [0.15, 0.2) is 23.3 Å². The molecule has 6 heteroatoms.